The number of amidine groups is 1. The molecule has 4 fully saturated rings. The summed E-state index contributed by atoms with van der Waals surface area (Å²) in [4.78, 5) is 10.5. The molecule has 0 aromatic heterocycles. The van der Waals surface area contributed by atoms with Crippen molar-refractivity contribution in [3.8, 4) is 0 Å². The average Bonchev–Trinajstić information content (AvgIpc) is 3.07. The molecule has 2 aliphatic heterocycles. The minimum absolute atomic E-state index is 0.000620. The Labute approximate surface area is 205 Å². The van der Waals surface area contributed by atoms with Gasteiger partial charge in [-0.3, -0.25) is 14.8 Å². The third-order valence-corrected chi connectivity index (χ3v) is 8.69. The van der Waals surface area contributed by atoms with Crippen LogP contribution in [0.3, 0.4) is 0 Å². The van der Waals surface area contributed by atoms with Crippen LogP contribution in [0.5, 0.6) is 0 Å². The first kappa shape index (κ1) is 24.2. The summed E-state index contributed by atoms with van der Waals surface area (Å²) >= 11 is 6.19. The quantitative estimate of drug-likeness (QED) is 0.466. The van der Waals surface area contributed by atoms with Crippen LogP contribution in [-0.4, -0.2) is 54.1 Å². The first-order valence-electron chi connectivity index (χ1n) is 12.8. The number of ether oxygens (including phenoxy) is 1. The normalized spacial score (nSPS) is 28.2. The Bertz CT molecular complexity index is 916. The summed E-state index contributed by atoms with van der Waals surface area (Å²) in [6.45, 7) is 2.93. The first-order valence-corrected chi connectivity index (χ1v) is 13.2. The summed E-state index contributed by atoms with van der Waals surface area (Å²) in [5.74, 6) is 0.875. The van der Waals surface area contributed by atoms with E-state index < -0.39 is 11.7 Å². The summed E-state index contributed by atoms with van der Waals surface area (Å²) in [6, 6.07) is 5.85. The summed E-state index contributed by atoms with van der Waals surface area (Å²) in [5.41, 5.74) is -0.403. The van der Waals surface area contributed by atoms with Gasteiger partial charge in [-0.1, -0.05) is 56.8 Å². The van der Waals surface area contributed by atoms with Crippen LogP contribution in [0.25, 0.3) is 0 Å². The molecule has 2 heterocycles. The SMILES string of the molecule is FC(F)(F)c1cccc(N2C(=S)C3(CCCCC3)[C@H](N3CCOCC3)C2=NC2CCCCC2)c1. The van der Waals surface area contributed by atoms with Gasteiger partial charge in [-0.2, -0.15) is 13.2 Å². The van der Waals surface area contributed by atoms with Gasteiger partial charge in [0.05, 0.1) is 35.8 Å². The highest BCUT2D eigenvalue weighted by atomic mass is 32.1. The molecule has 0 radical (unpaired) electrons. The summed E-state index contributed by atoms with van der Waals surface area (Å²) in [6.07, 6.45) is 6.51. The molecule has 4 aliphatic rings. The number of hydrogen-bond acceptors (Lipinski definition) is 4. The number of rotatable bonds is 3. The maximum absolute atomic E-state index is 13.6. The smallest absolute Gasteiger partial charge is 0.379 e. The van der Waals surface area contributed by atoms with E-state index in [0.717, 1.165) is 81.3 Å². The van der Waals surface area contributed by atoms with Gasteiger partial charge in [-0.05, 0) is 43.9 Å². The number of morpholine rings is 1. The van der Waals surface area contributed by atoms with Crippen LogP contribution in [-0.2, 0) is 10.9 Å². The fraction of sp³-hybridized carbons (Fsp3) is 0.692. The van der Waals surface area contributed by atoms with E-state index in [1.165, 1.54) is 25.0 Å². The lowest BCUT2D eigenvalue weighted by molar-refractivity contribution is -0.137. The molecule has 0 unspecified atom stereocenters. The number of thiocarbonyl (C=S) groups is 1. The Balaban J connectivity index is 1.63. The fourth-order valence-electron chi connectivity index (χ4n) is 6.43. The van der Waals surface area contributed by atoms with E-state index in [1.54, 1.807) is 6.07 Å². The molecule has 1 atom stereocenters. The highest BCUT2D eigenvalue weighted by Crippen LogP contribution is 2.50. The highest BCUT2D eigenvalue weighted by molar-refractivity contribution is 7.80. The first-order chi connectivity index (χ1) is 16.4. The Morgan fingerprint density at radius 1 is 0.971 bits per heavy atom. The zero-order valence-electron chi connectivity index (χ0n) is 19.7. The van der Waals surface area contributed by atoms with Crippen LogP contribution in [0.15, 0.2) is 29.3 Å². The van der Waals surface area contributed by atoms with E-state index in [1.807, 2.05) is 4.90 Å². The summed E-state index contributed by atoms with van der Waals surface area (Å²) in [5, 5.41) is 0. The lowest BCUT2D eigenvalue weighted by atomic mass is 9.70. The Hall–Kier alpha value is -1.51. The van der Waals surface area contributed by atoms with Crippen molar-refractivity contribution in [3.05, 3.63) is 29.8 Å². The molecule has 2 saturated carbocycles. The molecule has 0 amide bonds. The van der Waals surface area contributed by atoms with Gasteiger partial charge in [0.25, 0.3) is 0 Å². The number of anilines is 1. The van der Waals surface area contributed by atoms with Gasteiger partial charge in [-0.15, -0.1) is 0 Å². The van der Waals surface area contributed by atoms with Gasteiger partial charge in [0.1, 0.15) is 5.84 Å². The molecule has 1 spiro atoms. The molecule has 5 rings (SSSR count). The Morgan fingerprint density at radius 3 is 2.32 bits per heavy atom. The van der Waals surface area contributed by atoms with Gasteiger partial charge in [-0.25, -0.2) is 0 Å². The second kappa shape index (κ2) is 9.86. The predicted octanol–water partition coefficient (Wildman–Crippen LogP) is 6.24. The van der Waals surface area contributed by atoms with Gasteiger partial charge in [0, 0.05) is 24.2 Å². The maximum Gasteiger partial charge on any atom is 0.416 e. The molecule has 34 heavy (non-hydrogen) atoms. The number of benzene rings is 1. The fourth-order valence-corrected chi connectivity index (χ4v) is 6.94. The van der Waals surface area contributed by atoms with Crippen LogP contribution in [0.4, 0.5) is 18.9 Å². The Morgan fingerprint density at radius 2 is 1.65 bits per heavy atom. The molecule has 186 valence electrons. The van der Waals surface area contributed by atoms with E-state index in [2.05, 4.69) is 4.90 Å². The van der Waals surface area contributed by atoms with E-state index in [0.29, 0.717) is 18.9 Å². The van der Waals surface area contributed by atoms with Crippen molar-refractivity contribution in [2.75, 3.05) is 31.2 Å². The zero-order chi connectivity index (χ0) is 23.8. The van der Waals surface area contributed by atoms with E-state index in [9.17, 15) is 13.2 Å². The average molecular weight is 494 g/mol. The van der Waals surface area contributed by atoms with Gasteiger partial charge >= 0.3 is 6.18 Å². The molecule has 0 N–H and O–H groups in total. The van der Waals surface area contributed by atoms with Gasteiger partial charge in [0.15, 0.2) is 0 Å². The minimum Gasteiger partial charge on any atom is -0.379 e. The topological polar surface area (TPSA) is 28.1 Å². The molecular formula is C26H34F3N3OS. The predicted molar refractivity (Wildman–Crippen MR) is 133 cm³/mol. The van der Waals surface area contributed by atoms with Gasteiger partial charge < -0.3 is 4.74 Å². The van der Waals surface area contributed by atoms with E-state index in [4.69, 9.17) is 21.9 Å². The van der Waals surface area contributed by atoms with Crippen LogP contribution in [0, 0.1) is 5.41 Å². The molecule has 1 aromatic carbocycles. The number of nitrogens with zero attached hydrogens (tertiary/aromatic N) is 3. The standard InChI is InChI=1S/C26H34F3N3OS/c27-26(28,29)19-8-7-11-21(18-19)32-23(30-20-9-3-1-4-10-20)22(31-14-16-33-17-15-31)25(24(32)34)12-5-2-6-13-25/h7-8,11,18,20,22H,1-6,9-10,12-17H2/t22-/m1/s1. The molecule has 0 bridgehead atoms. The van der Waals surface area contributed by atoms with Crippen molar-refractivity contribution in [2.24, 2.45) is 10.4 Å². The van der Waals surface area contributed by atoms with Crippen molar-refractivity contribution in [2.45, 2.75) is 82.5 Å². The van der Waals surface area contributed by atoms with Crippen molar-refractivity contribution < 1.29 is 17.9 Å². The van der Waals surface area contributed by atoms with Crippen molar-refractivity contribution in [3.63, 3.8) is 0 Å². The lowest BCUT2D eigenvalue weighted by Crippen LogP contribution is -2.54. The van der Waals surface area contributed by atoms with Crippen molar-refractivity contribution in [1.29, 1.82) is 0 Å². The number of alkyl halides is 3. The Kier molecular flexibility index (Phi) is 7.02. The number of hydrogen-bond donors (Lipinski definition) is 0. The molecule has 8 heteroatoms. The van der Waals surface area contributed by atoms with Gasteiger partial charge in [0.2, 0.25) is 0 Å². The maximum atomic E-state index is 13.6. The number of halogens is 3. The van der Waals surface area contributed by atoms with Crippen LogP contribution in [0.2, 0.25) is 0 Å². The third-order valence-electron chi connectivity index (χ3n) is 8.10. The van der Waals surface area contributed by atoms with Crippen LogP contribution >= 0.6 is 12.2 Å². The largest absolute Gasteiger partial charge is 0.416 e. The third kappa shape index (κ3) is 4.53. The molecule has 1 aromatic rings. The van der Waals surface area contributed by atoms with Crippen LogP contribution in [0.1, 0.15) is 69.8 Å². The molecular weight excluding hydrogens is 459 g/mol. The zero-order valence-corrected chi connectivity index (χ0v) is 20.5. The number of aliphatic imine (C=N–C) groups is 1. The highest BCUT2D eigenvalue weighted by Gasteiger charge is 2.57. The lowest BCUT2D eigenvalue weighted by Gasteiger charge is -2.44. The second-order valence-electron chi connectivity index (χ2n) is 10.2. The van der Waals surface area contributed by atoms with Crippen LogP contribution < -0.4 is 4.90 Å². The van der Waals surface area contributed by atoms with E-state index >= 15 is 0 Å². The van der Waals surface area contributed by atoms with Crippen molar-refractivity contribution >= 4 is 28.7 Å². The van der Waals surface area contributed by atoms with Crippen molar-refractivity contribution in [1.82, 2.24) is 4.90 Å². The molecule has 4 nitrogen and oxygen atoms in total. The summed E-state index contributed by atoms with van der Waals surface area (Å²) in [7, 11) is 0. The minimum atomic E-state index is -4.40. The monoisotopic (exact) mass is 493 g/mol. The second-order valence-corrected chi connectivity index (χ2v) is 10.6. The summed E-state index contributed by atoms with van der Waals surface area (Å²) < 4.78 is 46.6. The molecule has 2 aliphatic carbocycles. The van der Waals surface area contributed by atoms with E-state index in [-0.39, 0.29) is 17.5 Å². The molecule has 2 saturated heterocycles.